The zero-order valence-corrected chi connectivity index (χ0v) is 11.6. The lowest BCUT2D eigenvalue weighted by atomic mass is 10.2. The Morgan fingerprint density at radius 3 is 2.84 bits per heavy atom. The summed E-state index contributed by atoms with van der Waals surface area (Å²) in [4.78, 5) is 8.98. The second kappa shape index (κ2) is 5.07. The Morgan fingerprint density at radius 1 is 1.37 bits per heavy atom. The molecule has 0 radical (unpaired) electrons. The molecule has 2 heterocycles. The maximum absolute atomic E-state index is 4.60. The average molecular weight is 259 g/mol. The van der Waals surface area contributed by atoms with Crippen LogP contribution in [0.5, 0.6) is 0 Å². The number of aromatic nitrogens is 4. The van der Waals surface area contributed by atoms with Gasteiger partial charge in [0.2, 0.25) is 5.95 Å². The molecule has 0 aliphatic heterocycles. The fraction of sp³-hybridized carbons (Fsp3) is 0.571. The van der Waals surface area contributed by atoms with E-state index in [0.29, 0.717) is 6.04 Å². The standard InChI is InChI=1S/C14H21N5/c1-11-9-19(10-13-15-7-8-18(13)2)14(16-11)17-12-5-3-4-6-12/h7-9,12H,3-6,10H2,1-2H3,(H,16,17). The Labute approximate surface area is 113 Å². The van der Waals surface area contributed by atoms with Gasteiger partial charge in [-0.1, -0.05) is 12.8 Å². The maximum atomic E-state index is 4.60. The van der Waals surface area contributed by atoms with Crippen LogP contribution in [-0.4, -0.2) is 25.1 Å². The number of rotatable bonds is 4. The summed E-state index contributed by atoms with van der Waals surface area (Å²) in [5.74, 6) is 2.03. The highest BCUT2D eigenvalue weighted by Gasteiger charge is 2.17. The van der Waals surface area contributed by atoms with Crippen molar-refractivity contribution in [3.8, 4) is 0 Å². The van der Waals surface area contributed by atoms with Gasteiger partial charge in [0.15, 0.2) is 0 Å². The van der Waals surface area contributed by atoms with Crippen LogP contribution in [0.25, 0.3) is 0 Å². The van der Waals surface area contributed by atoms with Gasteiger partial charge in [-0.05, 0) is 19.8 Å². The van der Waals surface area contributed by atoms with E-state index in [9.17, 15) is 0 Å². The molecule has 0 atom stereocenters. The van der Waals surface area contributed by atoms with E-state index in [1.54, 1.807) is 0 Å². The lowest BCUT2D eigenvalue weighted by Crippen LogP contribution is -2.19. The van der Waals surface area contributed by atoms with Crippen LogP contribution in [0.3, 0.4) is 0 Å². The number of hydrogen-bond acceptors (Lipinski definition) is 3. The van der Waals surface area contributed by atoms with Crippen molar-refractivity contribution in [1.29, 1.82) is 0 Å². The molecule has 3 rings (SSSR count). The third-order valence-corrected chi connectivity index (χ3v) is 3.82. The third-order valence-electron chi connectivity index (χ3n) is 3.82. The predicted octanol–water partition coefficient (Wildman–Crippen LogP) is 2.33. The van der Waals surface area contributed by atoms with E-state index in [-0.39, 0.29) is 0 Å². The monoisotopic (exact) mass is 259 g/mol. The molecule has 1 saturated carbocycles. The van der Waals surface area contributed by atoms with Crippen LogP contribution in [0.1, 0.15) is 37.2 Å². The van der Waals surface area contributed by atoms with Gasteiger partial charge in [-0.3, -0.25) is 0 Å². The predicted molar refractivity (Wildman–Crippen MR) is 75.2 cm³/mol. The average Bonchev–Trinajstić information content (AvgIpc) is 3.06. The molecule has 2 aromatic rings. The molecular formula is C14H21N5. The molecule has 1 aliphatic rings. The highest BCUT2D eigenvalue weighted by Crippen LogP contribution is 2.22. The van der Waals surface area contributed by atoms with Gasteiger partial charge < -0.3 is 14.5 Å². The van der Waals surface area contributed by atoms with Crippen molar-refractivity contribution < 1.29 is 0 Å². The van der Waals surface area contributed by atoms with Gasteiger partial charge in [0.05, 0.1) is 12.2 Å². The van der Waals surface area contributed by atoms with E-state index in [1.807, 2.05) is 26.4 Å². The molecule has 102 valence electrons. The van der Waals surface area contributed by atoms with Crippen molar-refractivity contribution in [3.05, 3.63) is 30.1 Å². The largest absolute Gasteiger partial charge is 0.353 e. The van der Waals surface area contributed by atoms with E-state index in [0.717, 1.165) is 24.0 Å². The first-order chi connectivity index (χ1) is 9.22. The Morgan fingerprint density at radius 2 is 2.16 bits per heavy atom. The number of imidazole rings is 2. The Bertz CT molecular complexity index is 548. The normalized spacial score (nSPS) is 16.1. The second-order valence-electron chi connectivity index (χ2n) is 5.41. The van der Waals surface area contributed by atoms with Crippen LogP contribution >= 0.6 is 0 Å². The van der Waals surface area contributed by atoms with Crippen molar-refractivity contribution in [2.24, 2.45) is 7.05 Å². The van der Waals surface area contributed by atoms with Gasteiger partial charge >= 0.3 is 0 Å². The molecule has 1 fully saturated rings. The van der Waals surface area contributed by atoms with Crippen LogP contribution < -0.4 is 5.32 Å². The Balaban J connectivity index is 1.78. The molecule has 0 amide bonds. The van der Waals surface area contributed by atoms with Crippen LogP contribution in [0.4, 0.5) is 5.95 Å². The van der Waals surface area contributed by atoms with Crippen molar-refractivity contribution in [2.75, 3.05) is 5.32 Å². The van der Waals surface area contributed by atoms with Crippen LogP contribution in [0.15, 0.2) is 18.6 Å². The minimum Gasteiger partial charge on any atom is -0.353 e. The molecule has 5 heteroatoms. The fourth-order valence-electron chi connectivity index (χ4n) is 2.74. The molecule has 19 heavy (non-hydrogen) atoms. The summed E-state index contributed by atoms with van der Waals surface area (Å²) in [6, 6.07) is 0.585. The molecule has 1 N–H and O–H groups in total. The number of anilines is 1. The topological polar surface area (TPSA) is 47.7 Å². The van der Waals surface area contributed by atoms with Crippen LogP contribution in [0.2, 0.25) is 0 Å². The molecule has 5 nitrogen and oxygen atoms in total. The van der Waals surface area contributed by atoms with Gasteiger partial charge in [0, 0.05) is 31.7 Å². The van der Waals surface area contributed by atoms with Gasteiger partial charge in [-0.25, -0.2) is 9.97 Å². The van der Waals surface area contributed by atoms with E-state index in [2.05, 4.69) is 30.6 Å². The quantitative estimate of drug-likeness (QED) is 0.916. The lowest BCUT2D eigenvalue weighted by Gasteiger charge is -2.14. The summed E-state index contributed by atoms with van der Waals surface area (Å²) in [6.07, 6.45) is 11.1. The van der Waals surface area contributed by atoms with E-state index < -0.39 is 0 Å². The molecule has 0 spiro atoms. The van der Waals surface area contributed by atoms with Crippen molar-refractivity contribution in [3.63, 3.8) is 0 Å². The first kappa shape index (κ1) is 12.3. The summed E-state index contributed by atoms with van der Waals surface area (Å²) >= 11 is 0. The fourth-order valence-corrected chi connectivity index (χ4v) is 2.74. The molecule has 0 bridgehead atoms. The minimum atomic E-state index is 0.585. The summed E-state index contributed by atoms with van der Waals surface area (Å²) in [5.41, 5.74) is 1.05. The SMILES string of the molecule is Cc1cn(Cc2nccn2C)c(NC2CCCC2)n1. The summed E-state index contributed by atoms with van der Waals surface area (Å²) < 4.78 is 4.21. The number of nitrogens with one attached hydrogen (secondary N) is 1. The molecule has 0 aromatic carbocycles. The summed E-state index contributed by atoms with van der Waals surface area (Å²) in [5, 5.41) is 3.58. The zero-order chi connectivity index (χ0) is 13.2. The lowest BCUT2D eigenvalue weighted by molar-refractivity contribution is 0.680. The molecule has 2 aromatic heterocycles. The smallest absolute Gasteiger partial charge is 0.203 e. The molecule has 0 saturated heterocycles. The van der Waals surface area contributed by atoms with Crippen molar-refractivity contribution in [2.45, 2.75) is 45.2 Å². The minimum absolute atomic E-state index is 0.585. The molecule has 1 aliphatic carbocycles. The number of nitrogens with zero attached hydrogens (tertiary/aromatic N) is 4. The van der Waals surface area contributed by atoms with Gasteiger partial charge in [0.1, 0.15) is 5.82 Å². The van der Waals surface area contributed by atoms with Crippen LogP contribution in [-0.2, 0) is 13.6 Å². The third kappa shape index (κ3) is 2.64. The van der Waals surface area contributed by atoms with Crippen molar-refractivity contribution in [1.82, 2.24) is 19.1 Å². The molecular weight excluding hydrogens is 238 g/mol. The number of aryl methyl sites for hydroxylation is 2. The van der Waals surface area contributed by atoms with E-state index in [4.69, 9.17) is 0 Å². The first-order valence-corrected chi connectivity index (χ1v) is 6.99. The van der Waals surface area contributed by atoms with E-state index >= 15 is 0 Å². The highest BCUT2D eigenvalue weighted by atomic mass is 15.2. The van der Waals surface area contributed by atoms with E-state index in [1.165, 1.54) is 25.7 Å². The Hall–Kier alpha value is -1.78. The first-order valence-electron chi connectivity index (χ1n) is 6.99. The van der Waals surface area contributed by atoms with Gasteiger partial charge in [-0.2, -0.15) is 0 Å². The summed E-state index contributed by atoms with van der Waals surface area (Å²) in [7, 11) is 2.02. The zero-order valence-electron chi connectivity index (χ0n) is 11.6. The highest BCUT2D eigenvalue weighted by molar-refractivity contribution is 5.31. The van der Waals surface area contributed by atoms with Gasteiger partial charge in [-0.15, -0.1) is 0 Å². The van der Waals surface area contributed by atoms with Crippen molar-refractivity contribution >= 4 is 5.95 Å². The van der Waals surface area contributed by atoms with Gasteiger partial charge in [0.25, 0.3) is 0 Å². The molecule has 0 unspecified atom stereocenters. The number of hydrogen-bond donors (Lipinski definition) is 1. The maximum Gasteiger partial charge on any atom is 0.203 e. The van der Waals surface area contributed by atoms with Crippen LogP contribution in [0, 0.1) is 6.92 Å². The summed E-state index contributed by atoms with van der Waals surface area (Å²) in [6.45, 7) is 2.80. The Kier molecular flexibility index (Phi) is 3.27. The second-order valence-corrected chi connectivity index (χ2v) is 5.41.